The minimum atomic E-state index is -3.61. The number of sulfonamides is 1. The van der Waals surface area contributed by atoms with Gasteiger partial charge in [0.1, 0.15) is 0 Å². The molecule has 0 fully saturated rings. The Kier molecular flexibility index (Phi) is 5.91. The van der Waals surface area contributed by atoms with Crippen LogP contribution in [-0.2, 0) is 23.1 Å². The van der Waals surface area contributed by atoms with Gasteiger partial charge in [0.05, 0.1) is 11.2 Å². The maximum absolute atomic E-state index is 12.6. The monoisotopic (exact) mass is 398 g/mol. The molecule has 0 saturated heterocycles. The van der Waals surface area contributed by atoms with Gasteiger partial charge in [-0.25, -0.2) is 18.1 Å². The smallest absolute Gasteiger partial charge is 0.251 e. The van der Waals surface area contributed by atoms with Crippen molar-refractivity contribution in [3.05, 3.63) is 83.4 Å². The molecule has 146 valence electrons. The highest BCUT2D eigenvalue weighted by atomic mass is 32.2. The van der Waals surface area contributed by atoms with Crippen LogP contribution in [0, 0.1) is 6.92 Å². The number of benzene rings is 2. The summed E-state index contributed by atoms with van der Waals surface area (Å²) in [5, 5.41) is 2.87. The normalized spacial score (nSPS) is 11.4. The Morgan fingerprint density at radius 3 is 2.64 bits per heavy atom. The molecule has 3 rings (SSSR count). The third-order valence-corrected chi connectivity index (χ3v) is 5.81. The summed E-state index contributed by atoms with van der Waals surface area (Å²) < 4.78 is 28.2. The predicted octanol–water partition coefficient (Wildman–Crippen LogP) is 2.08. The summed E-state index contributed by atoms with van der Waals surface area (Å²) in [4.78, 5) is 16.7. The van der Waals surface area contributed by atoms with E-state index in [1.807, 2.05) is 35.0 Å². The fourth-order valence-electron chi connectivity index (χ4n) is 2.84. The molecule has 2 N–H and O–H groups in total. The van der Waals surface area contributed by atoms with E-state index < -0.39 is 10.0 Å². The SMILES string of the molecule is CNS(=O)(=O)c1ccc(C)c(C(=O)NCc2cccc(Cn3ccnc3)c2)c1. The van der Waals surface area contributed by atoms with Crippen LogP contribution in [0.15, 0.2) is 66.1 Å². The Labute approximate surface area is 164 Å². The second-order valence-electron chi connectivity index (χ2n) is 6.42. The zero-order chi connectivity index (χ0) is 20.1. The van der Waals surface area contributed by atoms with Gasteiger partial charge in [-0.05, 0) is 42.8 Å². The van der Waals surface area contributed by atoms with Crippen molar-refractivity contribution in [1.82, 2.24) is 19.6 Å². The first-order valence-corrected chi connectivity index (χ1v) is 10.2. The molecular formula is C20H22N4O3S. The highest BCUT2D eigenvalue weighted by Gasteiger charge is 2.16. The van der Waals surface area contributed by atoms with Gasteiger partial charge in [-0.15, -0.1) is 0 Å². The van der Waals surface area contributed by atoms with Gasteiger partial charge in [-0.1, -0.05) is 30.3 Å². The Bertz CT molecular complexity index is 1080. The third-order valence-electron chi connectivity index (χ3n) is 4.40. The van der Waals surface area contributed by atoms with E-state index in [4.69, 9.17) is 0 Å². The molecule has 0 saturated carbocycles. The lowest BCUT2D eigenvalue weighted by Crippen LogP contribution is -2.25. The number of aryl methyl sites for hydroxylation is 1. The van der Waals surface area contributed by atoms with Crippen molar-refractivity contribution >= 4 is 15.9 Å². The molecular weight excluding hydrogens is 376 g/mol. The number of aromatic nitrogens is 2. The minimum absolute atomic E-state index is 0.0630. The van der Waals surface area contributed by atoms with E-state index in [0.29, 0.717) is 24.2 Å². The van der Waals surface area contributed by atoms with Gasteiger partial charge >= 0.3 is 0 Å². The molecule has 7 nitrogen and oxygen atoms in total. The first-order valence-electron chi connectivity index (χ1n) is 8.75. The largest absolute Gasteiger partial charge is 0.348 e. The first kappa shape index (κ1) is 19.8. The summed E-state index contributed by atoms with van der Waals surface area (Å²) in [7, 11) is -2.27. The van der Waals surface area contributed by atoms with E-state index in [2.05, 4.69) is 15.0 Å². The molecule has 0 aliphatic rings. The quantitative estimate of drug-likeness (QED) is 0.637. The zero-order valence-electron chi connectivity index (χ0n) is 15.7. The maximum atomic E-state index is 12.6. The van der Waals surface area contributed by atoms with Crippen LogP contribution in [0.4, 0.5) is 0 Å². The zero-order valence-corrected chi connectivity index (χ0v) is 16.5. The minimum Gasteiger partial charge on any atom is -0.348 e. The third kappa shape index (κ3) is 4.65. The Morgan fingerprint density at radius 1 is 1.14 bits per heavy atom. The predicted molar refractivity (Wildman–Crippen MR) is 106 cm³/mol. The van der Waals surface area contributed by atoms with Crippen LogP contribution in [0.3, 0.4) is 0 Å². The number of hydrogen-bond donors (Lipinski definition) is 2. The Balaban J connectivity index is 1.71. The lowest BCUT2D eigenvalue weighted by atomic mass is 10.1. The van der Waals surface area contributed by atoms with Crippen LogP contribution in [0.2, 0.25) is 0 Å². The summed E-state index contributed by atoms with van der Waals surface area (Å²) in [6.07, 6.45) is 5.38. The van der Waals surface area contributed by atoms with E-state index in [1.54, 1.807) is 25.5 Å². The number of rotatable bonds is 7. The molecule has 3 aromatic rings. The van der Waals surface area contributed by atoms with E-state index in [1.165, 1.54) is 19.2 Å². The fourth-order valence-corrected chi connectivity index (χ4v) is 3.59. The molecule has 0 atom stereocenters. The van der Waals surface area contributed by atoms with E-state index in [0.717, 1.165) is 11.1 Å². The van der Waals surface area contributed by atoms with Crippen LogP contribution in [0.5, 0.6) is 0 Å². The second kappa shape index (κ2) is 8.37. The summed E-state index contributed by atoms with van der Waals surface area (Å²) in [5.41, 5.74) is 3.11. The van der Waals surface area contributed by atoms with Gasteiger partial charge in [-0.3, -0.25) is 4.79 Å². The molecule has 1 heterocycles. The van der Waals surface area contributed by atoms with E-state index in [-0.39, 0.29) is 10.8 Å². The lowest BCUT2D eigenvalue weighted by Gasteiger charge is -2.11. The molecule has 2 aromatic carbocycles. The molecule has 0 unspecified atom stereocenters. The molecule has 0 spiro atoms. The van der Waals surface area contributed by atoms with E-state index in [9.17, 15) is 13.2 Å². The van der Waals surface area contributed by atoms with Gasteiger partial charge in [-0.2, -0.15) is 0 Å². The molecule has 0 bridgehead atoms. The van der Waals surface area contributed by atoms with Gasteiger partial charge in [0, 0.05) is 31.0 Å². The molecule has 0 aliphatic carbocycles. The van der Waals surface area contributed by atoms with Gasteiger partial charge in [0.2, 0.25) is 10.0 Å². The van der Waals surface area contributed by atoms with Gasteiger partial charge in [0.25, 0.3) is 5.91 Å². The standard InChI is InChI=1S/C20H22N4O3S/c1-15-6-7-18(28(26,27)21-2)11-19(15)20(25)23-12-16-4-3-5-17(10-16)13-24-9-8-22-14-24/h3-11,14,21H,12-13H2,1-2H3,(H,23,25). The van der Waals surface area contributed by atoms with Crippen molar-refractivity contribution in [3.63, 3.8) is 0 Å². The van der Waals surface area contributed by atoms with Crippen LogP contribution in [0.1, 0.15) is 27.0 Å². The number of hydrogen-bond acceptors (Lipinski definition) is 4. The van der Waals surface area contributed by atoms with Crippen molar-refractivity contribution in [2.75, 3.05) is 7.05 Å². The second-order valence-corrected chi connectivity index (χ2v) is 8.31. The number of amides is 1. The highest BCUT2D eigenvalue weighted by molar-refractivity contribution is 7.89. The van der Waals surface area contributed by atoms with Crippen LogP contribution >= 0.6 is 0 Å². The fraction of sp³-hybridized carbons (Fsp3) is 0.200. The number of nitrogens with one attached hydrogen (secondary N) is 2. The Morgan fingerprint density at radius 2 is 1.93 bits per heavy atom. The first-order chi connectivity index (χ1) is 13.4. The lowest BCUT2D eigenvalue weighted by molar-refractivity contribution is 0.0950. The van der Waals surface area contributed by atoms with Gasteiger partial charge < -0.3 is 9.88 Å². The average Bonchev–Trinajstić information content (AvgIpc) is 3.19. The van der Waals surface area contributed by atoms with Crippen LogP contribution in [-0.4, -0.2) is 30.9 Å². The van der Waals surface area contributed by atoms with Crippen molar-refractivity contribution in [3.8, 4) is 0 Å². The van der Waals surface area contributed by atoms with Crippen LogP contribution in [0.25, 0.3) is 0 Å². The molecule has 1 aromatic heterocycles. The number of carbonyl (C=O) groups excluding carboxylic acids is 1. The summed E-state index contributed by atoms with van der Waals surface area (Å²) in [6, 6.07) is 12.4. The Hall–Kier alpha value is -2.97. The molecule has 0 aliphatic heterocycles. The number of imidazole rings is 1. The van der Waals surface area contributed by atoms with Crippen molar-refractivity contribution in [2.24, 2.45) is 0 Å². The summed E-state index contributed by atoms with van der Waals surface area (Å²) >= 11 is 0. The summed E-state index contributed by atoms with van der Waals surface area (Å²) in [5.74, 6) is -0.314. The highest BCUT2D eigenvalue weighted by Crippen LogP contribution is 2.16. The van der Waals surface area contributed by atoms with Crippen LogP contribution < -0.4 is 10.0 Å². The topological polar surface area (TPSA) is 93.1 Å². The summed E-state index contributed by atoms with van der Waals surface area (Å²) in [6.45, 7) is 2.82. The van der Waals surface area contributed by atoms with E-state index >= 15 is 0 Å². The van der Waals surface area contributed by atoms with Gasteiger partial charge in [0.15, 0.2) is 0 Å². The average molecular weight is 398 g/mol. The molecule has 0 radical (unpaired) electrons. The van der Waals surface area contributed by atoms with Crippen molar-refractivity contribution < 1.29 is 13.2 Å². The van der Waals surface area contributed by atoms with Crippen molar-refractivity contribution in [1.29, 1.82) is 0 Å². The maximum Gasteiger partial charge on any atom is 0.251 e. The molecule has 8 heteroatoms. The number of nitrogens with zero attached hydrogens (tertiary/aromatic N) is 2. The molecule has 28 heavy (non-hydrogen) atoms. The molecule has 1 amide bonds. The number of carbonyl (C=O) groups is 1. The van der Waals surface area contributed by atoms with Crippen molar-refractivity contribution in [2.45, 2.75) is 24.9 Å².